The number of carboxylic acid groups (broad SMARTS) is 1. The number of carbonyl (C=O) groups is 1. The summed E-state index contributed by atoms with van der Waals surface area (Å²) in [5, 5.41) is 18.0. The van der Waals surface area contributed by atoms with Crippen LogP contribution in [-0.4, -0.2) is 46.8 Å². The van der Waals surface area contributed by atoms with Crippen LogP contribution in [0.1, 0.15) is 26.7 Å². The highest BCUT2D eigenvalue weighted by molar-refractivity contribution is 5.68. The fraction of sp³-hybridized carbons (Fsp3) is 0.900. The molecule has 0 aromatic carbocycles. The molecule has 6 heteroatoms. The zero-order chi connectivity index (χ0) is 12.3. The molecule has 0 amide bonds. The maximum Gasteiger partial charge on any atom is 0.329 e. The number of hydrogen-bond donors (Lipinski definition) is 3. The van der Waals surface area contributed by atoms with E-state index < -0.39 is 11.8 Å². The SMILES string of the molecule is CC(C)(O)O[C@@H]1C[C@@H](OCC(=O)O)C[C@H]1N. The second-order valence-electron chi connectivity index (χ2n) is 4.57. The quantitative estimate of drug-likeness (QED) is 0.563. The normalized spacial score (nSPS) is 30.6. The van der Waals surface area contributed by atoms with E-state index in [4.69, 9.17) is 20.3 Å². The third kappa shape index (κ3) is 4.44. The van der Waals surface area contributed by atoms with Gasteiger partial charge in [0.25, 0.3) is 0 Å². The van der Waals surface area contributed by atoms with E-state index in [0.29, 0.717) is 12.8 Å². The van der Waals surface area contributed by atoms with E-state index in [2.05, 4.69) is 0 Å². The summed E-state index contributed by atoms with van der Waals surface area (Å²) < 4.78 is 10.5. The molecule has 3 atom stereocenters. The summed E-state index contributed by atoms with van der Waals surface area (Å²) in [6.45, 7) is 2.74. The van der Waals surface area contributed by atoms with E-state index in [1.807, 2.05) is 0 Å². The van der Waals surface area contributed by atoms with Crippen molar-refractivity contribution in [2.45, 2.75) is 50.7 Å². The minimum atomic E-state index is -1.23. The van der Waals surface area contributed by atoms with Crippen molar-refractivity contribution in [3.8, 4) is 0 Å². The van der Waals surface area contributed by atoms with Gasteiger partial charge in [-0.05, 0) is 20.3 Å². The van der Waals surface area contributed by atoms with Crippen molar-refractivity contribution in [1.29, 1.82) is 0 Å². The monoisotopic (exact) mass is 233 g/mol. The van der Waals surface area contributed by atoms with E-state index in [0.717, 1.165) is 0 Å². The molecule has 1 aliphatic carbocycles. The van der Waals surface area contributed by atoms with Crippen molar-refractivity contribution in [2.75, 3.05) is 6.61 Å². The summed E-state index contributed by atoms with van der Waals surface area (Å²) in [6, 6.07) is -0.231. The smallest absolute Gasteiger partial charge is 0.329 e. The highest BCUT2D eigenvalue weighted by Gasteiger charge is 2.36. The fourth-order valence-corrected chi connectivity index (χ4v) is 1.82. The Morgan fingerprint density at radius 1 is 1.50 bits per heavy atom. The first kappa shape index (κ1) is 13.4. The van der Waals surface area contributed by atoms with Gasteiger partial charge in [0.1, 0.15) is 6.61 Å². The van der Waals surface area contributed by atoms with E-state index in [1.165, 1.54) is 13.8 Å². The third-order valence-electron chi connectivity index (χ3n) is 2.39. The number of aliphatic carboxylic acids is 1. The molecule has 1 aliphatic rings. The Bertz CT molecular complexity index is 250. The molecule has 0 bridgehead atoms. The molecule has 0 radical (unpaired) electrons. The Morgan fingerprint density at radius 3 is 2.62 bits per heavy atom. The van der Waals surface area contributed by atoms with Crippen molar-refractivity contribution >= 4 is 5.97 Å². The van der Waals surface area contributed by atoms with Crippen molar-refractivity contribution in [1.82, 2.24) is 0 Å². The first-order valence-electron chi connectivity index (χ1n) is 5.27. The van der Waals surface area contributed by atoms with Gasteiger partial charge in [-0.3, -0.25) is 0 Å². The Kier molecular flexibility index (Phi) is 4.26. The van der Waals surface area contributed by atoms with E-state index in [9.17, 15) is 9.90 Å². The maximum absolute atomic E-state index is 10.3. The molecule has 94 valence electrons. The van der Waals surface area contributed by atoms with Gasteiger partial charge in [0.15, 0.2) is 5.79 Å². The van der Waals surface area contributed by atoms with Crippen LogP contribution < -0.4 is 5.73 Å². The van der Waals surface area contributed by atoms with Crippen LogP contribution >= 0.6 is 0 Å². The van der Waals surface area contributed by atoms with Crippen molar-refractivity contribution < 1.29 is 24.5 Å². The lowest BCUT2D eigenvalue weighted by atomic mass is 10.2. The summed E-state index contributed by atoms with van der Waals surface area (Å²) in [5.74, 6) is -2.23. The van der Waals surface area contributed by atoms with Gasteiger partial charge in [-0.25, -0.2) is 4.79 Å². The summed E-state index contributed by atoms with van der Waals surface area (Å²) >= 11 is 0. The molecule has 1 fully saturated rings. The average Bonchev–Trinajstić information content (AvgIpc) is 2.41. The molecular weight excluding hydrogens is 214 g/mol. The molecular formula is C10H19NO5. The standard InChI is InChI=1S/C10H19NO5/c1-10(2,14)16-8-4-6(3-7(8)11)15-5-9(12)13/h6-8,14H,3-5,11H2,1-2H3,(H,12,13)/t6-,7+,8+/m0/s1. The molecule has 16 heavy (non-hydrogen) atoms. The Hall–Kier alpha value is -0.690. The molecule has 4 N–H and O–H groups in total. The van der Waals surface area contributed by atoms with Gasteiger partial charge < -0.3 is 25.4 Å². The van der Waals surface area contributed by atoms with Crippen LogP contribution in [0.25, 0.3) is 0 Å². The molecule has 0 spiro atoms. The fourth-order valence-electron chi connectivity index (χ4n) is 1.82. The Balaban J connectivity index is 2.38. The van der Waals surface area contributed by atoms with E-state index in [-0.39, 0.29) is 24.9 Å². The van der Waals surface area contributed by atoms with Crippen LogP contribution in [0, 0.1) is 0 Å². The minimum Gasteiger partial charge on any atom is -0.480 e. The van der Waals surface area contributed by atoms with Gasteiger partial charge in [0, 0.05) is 12.5 Å². The first-order chi connectivity index (χ1) is 7.28. The van der Waals surface area contributed by atoms with Crippen LogP contribution in [0.15, 0.2) is 0 Å². The van der Waals surface area contributed by atoms with Gasteiger partial charge in [-0.15, -0.1) is 0 Å². The molecule has 0 aromatic rings. The zero-order valence-electron chi connectivity index (χ0n) is 9.55. The number of aliphatic hydroxyl groups is 1. The average molecular weight is 233 g/mol. The minimum absolute atomic E-state index is 0.210. The number of nitrogens with two attached hydrogens (primary N) is 1. The summed E-state index contributed by atoms with van der Waals surface area (Å²) in [4.78, 5) is 10.3. The second kappa shape index (κ2) is 5.09. The van der Waals surface area contributed by atoms with Gasteiger partial charge in [-0.1, -0.05) is 0 Å². The third-order valence-corrected chi connectivity index (χ3v) is 2.39. The molecule has 0 heterocycles. The second-order valence-corrected chi connectivity index (χ2v) is 4.57. The van der Waals surface area contributed by atoms with Crippen LogP contribution in [0.2, 0.25) is 0 Å². The topological polar surface area (TPSA) is 102 Å². The highest BCUT2D eigenvalue weighted by atomic mass is 16.6. The molecule has 0 aromatic heterocycles. The molecule has 0 aliphatic heterocycles. The summed E-state index contributed by atoms with van der Waals surface area (Å²) in [7, 11) is 0. The number of carboxylic acids is 1. The maximum atomic E-state index is 10.3. The lowest BCUT2D eigenvalue weighted by Gasteiger charge is -2.25. The molecule has 0 unspecified atom stereocenters. The van der Waals surface area contributed by atoms with E-state index in [1.54, 1.807) is 0 Å². The largest absolute Gasteiger partial charge is 0.480 e. The van der Waals surface area contributed by atoms with Crippen LogP contribution in [0.4, 0.5) is 0 Å². The Labute approximate surface area is 94.3 Å². The number of rotatable bonds is 5. The number of hydrogen-bond acceptors (Lipinski definition) is 5. The lowest BCUT2D eigenvalue weighted by molar-refractivity contribution is -0.207. The van der Waals surface area contributed by atoms with Gasteiger partial charge >= 0.3 is 5.97 Å². The lowest BCUT2D eigenvalue weighted by Crippen LogP contribution is -2.38. The molecule has 0 saturated heterocycles. The molecule has 1 rings (SSSR count). The highest BCUT2D eigenvalue weighted by Crippen LogP contribution is 2.26. The van der Waals surface area contributed by atoms with Crippen molar-refractivity contribution in [2.24, 2.45) is 5.73 Å². The number of ether oxygens (including phenoxy) is 2. The van der Waals surface area contributed by atoms with Gasteiger partial charge in [0.2, 0.25) is 0 Å². The van der Waals surface area contributed by atoms with Gasteiger partial charge in [0.05, 0.1) is 12.2 Å². The molecule has 6 nitrogen and oxygen atoms in total. The van der Waals surface area contributed by atoms with Crippen LogP contribution in [-0.2, 0) is 14.3 Å². The van der Waals surface area contributed by atoms with Crippen LogP contribution in [0.3, 0.4) is 0 Å². The van der Waals surface area contributed by atoms with Crippen LogP contribution in [0.5, 0.6) is 0 Å². The van der Waals surface area contributed by atoms with Crippen molar-refractivity contribution in [3.05, 3.63) is 0 Å². The Morgan fingerprint density at radius 2 is 2.12 bits per heavy atom. The van der Waals surface area contributed by atoms with Crippen molar-refractivity contribution in [3.63, 3.8) is 0 Å². The first-order valence-corrected chi connectivity index (χ1v) is 5.27. The predicted octanol–water partition coefficient (Wildman–Crippen LogP) is -0.309. The zero-order valence-corrected chi connectivity index (χ0v) is 9.55. The van der Waals surface area contributed by atoms with Gasteiger partial charge in [-0.2, -0.15) is 0 Å². The predicted molar refractivity (Wildman–Crippen MR) is 55.8 cm³/mol. The summed E-state index contributed by atoms with van der Waals surface area (Å²) in [5.41, 5.74) is 5.82. The molecule has 1 saturated carbocycles. The van der Waals surface area contributed by atoms with E-state index >= 15 is 0 Å². The summed E-state index contributed by atoms with van der Waals surface area (Å²) in [6.07, 6.45) is 0.559.